The number of aliphatic hydroxyl groups is 1. The van der Waals surface area contributed by atoms with Gasteiger partial charge in [0.25, 0.3) is 0 Å². The van der Waals surface area contributed by atoms with Gasteiger partial charge in [0.1, 0.15) is 18.1 Å². The maximum atomic E-state index is 9.90. The number of halogens is 2. The van der Waals surface area contributed by atoms with Crippen molar-refractivity contribution >= 4 is 45.0 Å². The van der Waals surface area contributed by atoms with Gasteiger partial charge in [-0.05, 0) is 58.7 Å². The Bertz CT molecular complexity index is 1880. The Balaban J connectivity index is 1.48. The molecule has 0 aliphatic carbocycles. The van der Waals surface area contributed by atoms with Crippen molar-refractivity contribution in [3.8, 4) is 0 Å². The number of furan rings is 1. The van der Waals surface area contributed by atoms with E-state index in [1.807, 2.05) is 48.5 Å². The highest BCUT2D eigenvalue weighted by Crippen LogP contribution is 2.45. The third-order valence-electron chi connectivity index (χ3n) is 7.91. The van der Waals surface area contributed by atoms with Crippen LogP contribution in [0.4, 0.5) is 0 Å². The number of aliphatic hydroxyl groups excluding tert-OH is 1. The first-order valence-electron chi connectivity index (χ1n) is 13.9. The van der Waals surface area contributed by atoms with Crippen LogP contribution in [0.1, 0.15) is 39.7 Å². The predicted octanol–water partition coefficient (Wildman–Crippen LogP) is 9.26. The van der Waals surface area contributed by atoms with E-state index in [1.165, 1.54) is 11.1 Å². The normalized spacial score (nSPS) is 11.7. The molecule has 0 aliphatic heterocycles. The Kier molecular flexibility index (Phi) is 7.12. The lowest BCUT2D eigenvalue weighted by atomic mass is 9.88. The van der Waals surface area contributed by atoms with Crippen LogP contribution in [0.3, 0.4) is 0 Å². The molecule has 0 amide bonds. The molecule has 4 aromatic carbocycles. The fourth-order valence-corrected chi connectivity index (χ4v) is 6.61. The van der Waals surface area contributed by atoms with Crippen molar-refractivity contribution in [3.05, 3.63) is 165 Å². The summed E-state index contributed by atoms with van der Waals surface area (Å²) in [7, 11) is 0. The average molecular weight is 592 g/mol. The standard InChI is InChI=1S/C36H28Cl2N2O2/c37-29-13-7-15-31-35(29)27(21-39(31)19-24-9-3-1-4-10-24)34(33-18-17-26(23-41)42-33)28-22-40(20-25-11-5-2-6-12-25)32-16-8-14-30(38)36(28)32/h1-18,21-22,34,41H,19-20,23H2. The summed E-state index contributed by atoms with van der Waals surface area (Å²) in [5.41, 5.74) is 6.51. The van der Waals surface area contributed by atoms with Crippen LogP contribution in [0.5, 0.6) is 0 Å². The third-order valence-corrected chi connectivity index (χ3v) is 8.54. The van der Waals surface area contributed by atoms with E-state index in [1.54, 1.807) is 0 Å². The zero-order valence-electron chi connectivity index (χ0n) is 22.8. The van der Waals surface area contributed by atoms with Crippen LogP contribution < -0.4 is 0 Å². The molecule has 3 aromatic heterocycles. The maximum absolute atomic E-state index is 9.90. The number of hydrogen-bond donors (Lipinski definition) is 1. The minimum Gasteiger partial charge on any atom is -0.463 e. The first-order valence-corrected chi connectivity index (χ1v) is 14.7. The van der Waals surface area contributed by atoms with Gasteiger partial charge in [-0.1, -0.05) is 96.0 Å². The lowest BCUT2D eigenvalue weighted by molar-refractivity contribution is 0.243. The molecule has 3 heterocycles. The molecule has 0 spiro atoms. The summed E-state index contributed by atoms with van der Waals surface area (Å²) in [6.07, 6.45) is 4.37. The second kappa shape index (κ2) is 11.2. The molecule has 6 heteroatoms. The zero-order chi connectivity index (χ0) is 28.6. The highest BCUT2D eigenvalue weighted by Gasteiger charge is 2.30. The molecule has 7 rings (SSSR count). The zero-order valence-corrected chi connectivity index (χ0v) is 24.3. The molecule has 0 unspecified atom stereocenters. The summed E-state index contributed by atoms with van der Waals surface area (Å²) < 4.78 is 10.8. The molecule has 1 N–H and O–H groups in total. The van der Waals surface area contributed by atoms with Crippen molar-refractivity contribution in [2.75, 3.05) is 0 Å². The van der Waals surface area contributed by atoms with Crippen molar-refractivity contribution < 1.29 is 9.52 Å². The first kappa shape index (κ1) is 26.7. The molecule has 0 saturated heterocycles. The number of rotatable bonds is 8. The van der Waals surface area contributed by atoms with E-state index in [9.17, 15) is 5.11 Å². The Morgan fingerprint density at radius 1 is 0.595 bits per heavy atom. The van der Waals surface area contributed by atoms with E-state index >= 15 is 0 Å². The largest absolute Gasteiger partial charge is 0.463 e. The second-order valence-electron chi connectivity index (χ2n) is 10.6. The second-order valence-corrected chi connectivity index (χ2v) is 11.4. The lowest BCUT2D eigenvalue weighted by Gasteiger charge is -2.15. The Morgan fingerprint density at radius 2 is 1.10 bits per heavy atom. The smallest absolute Gasteiger partial charge is 0.129 e. The van der Waals surface area contributed by atoms with Gasteiger partial charge in [0.05, 0.1) is 27.0 Å². The molecular formula is C36H28Cl2N2O2. The molecule has 0 fully saturated rings. The van der Waals surface area contributed by atoms with E-state index in [4.69, 9.17) is 27.6 Å². The minimum atomic E-state index is -0.329. The van der Waals surface area contributed by atoms with Gasteiger partial charge in [0, 0.05) is 36.3 Å². The van der Waals surface area contributed by atoms with Gasteiger partial charge in [-0.25, -0.2) is 0 Å². The summed E-state index contributed by atoms with van der Waals surface area (Å²) >= 11 is 14.0. The molecule has 42 heavy (non-hydrogen) atoms. The summed E-state index contributed by atoms with van der Waals surface area (Å²) in [6, 6.07) is 36.6. The van der Waals surface area contributed by atoms with Crippen molar-refractivity contribution in [2.45, 2.75) is 25.6 Å². The van der Waals surface area contributed by atoms with E-state index < -0.39 is 0 Å². The maximum Gasteiger partial charge on any atom is 0.129 e. The number of benzene rings is 4. The molecule has 0 radical (unpaired) electrons. The fourth-order valence-electron chi connectivity index (χ4n) is 6.05. The van der Waals surface area contributed by atoms with Gasteiger partial charge in [0.2, 0.25) is 0 Å². The summed E-state index contributed by atoms with van der Waals surface area (Å²) in [4.78, 5) is 0. The van der Waals surface area contributed by atoms with Gasteiger partial charge in [-0.2, -0.15) is 0 Å². The molecule has 4 nitrogen and oxygen atoms in total. The molecule has 0 bridgehead atoms. The number of fused-ring (bicyclic) bond motifs is 2. The van der Waals surface area contributed by atoms with E-state index in [2.05, 4.69) is 82.2 Å². The van der Waals surface area contributed by atoms with Crippen molar-refractivity contribution in [1.29, 1.82) is 0 Å². The SMILES string of the molecule is OCc1ccc(C(c2cn(Cc3ccccc3)c3cccc(Cl)c23)c2cn(Cc3ccccc3)c3cccc(Cl)c23)o1. The van der Waals surface area contributed by atoms with E-state index in [0.717, 1.165) is 38.7 Å². The van der Waals surface area contributed by atoms with Crippen LogP contribution in [-0.4, -0.2) is 14.2 Å². The van der Waals surface area contributed by atoms with Gasteiger partial charge in [-0.15, -0.1) is 0 Å². The Hall–Kier alpha value is -4.22. The fraction of sp³-hybridized carbons (Fsp3) is 0.111. The van der Waals surface area contributed by atoms with E-state index in [0.29, 0.717) is 28.9 Å². The van der Waals surface area contributed by atoms with Crippen LogP contribution >= 0.6 is 23.2 Å². The molecular weight excluding hydrogens is 563 g/mol. The highest BCUT2D eigenvalue weighted by atomic mass is 35.5. The lowest BCUT2D eigenvalue weighted by Crippen LogP contribution is -2.03. The van der Waals surface area contributed by atoms with Crippen LogP contribution in [-0.2, 0) is 19.7 Å². The van der Waals surface area contributed by atoms with Crippen LogP contribution in [0.25, 0.3) is 21.8 Å². The molecule has 208 valence electrons. The Labute approximate surface area is 254 Å². The van der Waals surface area contributed by atoms with Gasteiger partial charge in [0.15, 0.2) is 0 Å². The van der Waals surface area contributed by atoms with Gasteiger partial charge < -0.3 is 18.7 Å². The molecule has 0 aliphatic rings. The molecule has 7 aromatic rings. The third kappa shape index (κ3) is 4.82. The molecule has 0 atom stereocenters. The quantitative estimate of drug-likeness (QED) is 0.191. The number of aromatic nitrogens is 2. The number of nitrogens with zero attached hydrogens (tertiary/aromatic N) is 2. The van der Waals surface area contributed by atoms with Gasteiger partial charge in [-0.3, -0.25) is 0 Å². The van der Waals surface area contributed by atoms with E-state index in [-0.39, 0.29) is 12.5 Å². The highest BCUT2D eigenvalue weighted by molar-refractivity contribution is 6.36. The van der Waals surface area contributed by atoms with Crippen molar-refractivity contribution in [2.24, 2.45) is 0 Å². The van der Waals surface area contributed by atoms with Crippen molar-refractivity contribution in [3.63, 3.8) is 0 Å². The summed E-state index contributed by atoms with van der Waals surface area (Å²) in [6.45, 7) is 1.21. The van der Waals surface area contributed by atoms with Crippen LogP contribution in [0.15, 0.2) is 126 Å². The molecule has 0 saturated carbocycles. The predicted molar refractivity (Wildman–Crippen MR) is 171 cm³/mol. The Morgan fingerprint density at radius 3 is 1.55 bits per heavy atom. The summed E-state index contributed by atoms with van der Waals surface area (Å²) in [5, 5.41) is 13.2. The van der Waals surface area contributed by atoms with Crippen LogP contribution in [0.2, 0.25) is 10.0 Å². The number of hydrogen-bond acceptors (Lipinski definition) is 2. The minimum absolute atomic E-state index is 0.181. The topological polar surface area (TPSA) is 43.2 Å². The first-order chi connectivity index (χ1) is 20.6. The van der Waals surface area contributed by atoms with Gasteiger partial charge >= 0.3 is 0 Å². The monoisotopic (exact) mass is 590 g/mol. The van der Waals surface area contributed by atoms with Crippen molar-refractivity contribution in [1.82, 2.24) is 9.13 Å². The van der Waals surface area contributed by atoms with Crippen LogP contribution in [0, 0.1) is 0 Å². The average Bonchev–Trinajstić information content (AvgIpc) is 3.73. The summed E-state index contributed by atoms with van der Waals surface area (Å²) in [5.74, 6) is 0.897.